The second-order valence-corrected chi connectivity index (χ2v) is 6.71. The number of anilines is 1. The van der Waals surface area contributed by atoms with Gasteiger partial charge in [-0.05, 0) is 18.1 Å². The Morgan fingerprint density at radius 1 is 1.32 bits per heavy atom. The van der Waals surface area contributed by atoms with E-state index in [0.29, 0.717) is 12.8 Å². The maximum atomic E-state index is 12.6. The lowest BCUT2D eigenvalue weighted by Gasteiger charge is -2.30. The average Bonchev–Trinajstić information content (AvgIpc) is 2.62. The van der Waals surface area contributed by atoms with Gasteiger partial charge in [0.15, 0.2) is 5.78 Å². The molecule has 1 aromatic heterocycles. The van der Waals surface area contributed by atoms with Gasteiger partial charge in [0.1, 0.15) is 5.78 Å². The molecule has 0 aromatic carbocycles. The van der Waals surface area contributed by atoms with Crippen LogP contribution in [0.1, 0.15) is 24.8 Å². The lowest BCUT2D eigenvalue weighted by Crippen LogP contribution is -2.46. The normalized spacial score (nSPS) is 21.3. The average molecular weight is 344 g/mol. The molecule has 1 aliphatic carbocycles. The zero-order chi connectivity index (χ0) is 17.8. The number of likely N-dealkylation sites (N-methyl/N-ethyl adjacent to an activating group) is 1. The summed E-state index contributed by atoms with van der Waals surface area (Å²) in [6.07, 6.45) is 4.47. The first-order chi connectivity index (χ1) is 12.0. The molecule has 0 bridgehead atoms. The number of carbonyl (C=O) groups is 3. The van der Waals surface area contributed by atoms with Crippen LogP contribution >= 0.6 is 0 Å². The summed E-state index contributed by atoms with van der Waals surface area (Å²) in [5.74, 6) is -0.304. The van der Waals surface area contributed by atoms with Gasteiger partial charge in [0, 0.05) is 45.8 Å². The monoisotopic (exact) mass is 344 g/mol. The molecule has 2 aliphatic rings. The predicted molar refractivity (Wildman–Crippen MR) is 93.4 cm³/mol. The molecule has 134 valence electrons. The highest BCUT2D eigenvalue weighted by molar-refractivity contribution is 6.05. The number of aromatic nitrogens is 1. The van der Waals surface area contributed by atoms with Gasteiger partial charge in [0.05, 0.1) is 30.8 Å². The van der Waals surface area contributed by atoms with Crippen LogP contribution in [0.2, 0.25) is 0 Å². The predicted octanol–water partition coefficient (Wildman–Crippen LogP) is 0.183. The number of hydrogen-bond acceptors (Lipinski definition) is 6. The zero-order valence-corrected chi connectivity index (χ0v) is 14.5. The van der Waals surface area contributed by atoms with Crippen LogP contribution in [0.3, 0.4) is 0 Å². The Bertz CT molecular complexity index is 670. The van der Waals surface area contributed by atoms with Gasteiger partial charge in [-0.3, -0.25) is 19.4 Å². The van der Waals surface area contributed by atoms with Gasteiger partial charge in [0.25, 0.3) is 0 Å². The van der Waals surface area contributed by atoms with Crippen molar-refractivity contribution in [1.82, 2.24) is 15.2 Å². The molecular weight excluding hydrogens is 320 g/mol. The molecule has 7 heteroatoms. The van der Waals surface area contributed by atoms with Crippen molar-refractivity contribution >= 4 is 23.2 Å². The zero-order valence-electron chi connectivity index (χ0n) is 14.5. The third-order valence-corrected chi connectivity index (χ3v) is 4.92. The van der Waals surface area contributed by atoms with Crippen LogP contribution in [0.4, 0.5) is 5.69 Å². The minimum atomic E-state index is -0.477. The summed E-state index contributed by atoms with van der Waals surface area (Å²) >= 11 is 0. The Hall–Kier alpha value is -2.28. The molecule has 3 rings (SSSR count). The highest BCUT2D eigenvalue weighted by Crippen LogP contribution is 2.19. The van der Waals surface area contributed by atoms with Crippen molar-refractivity contribution in [2.24, 2.45) is 0 Å². The Morgan fingerprint density at radius 2 is 2.08 bits per heavy atom. The minimum absolute atomic E-state index is 0.0324. The Kier molecular flexibility index (Phi) is 5.43. The number of amides is 1. The maximum Gasteiger partial charge on any atom is 0.227 e. The van der Waals surface area contributed by atoms with E-state index in [9.17, 15) is 14.4 Å². The molecule has 1 unspecified atom stereocenters. The summed E-state index contributed by atoms with van der Waals surface area (Å²) in [6.45, 7) is 3.72. The number of ketones is 2. The van der Waals surface area contributed by atoms with Crippen molar-refractivity contribution in [2.45, 2.75) is 31.7 Å². The molecule has 1 aliphatic heterocycles. The van der Waals surface area contributed by atoms with Crippen LogP contribution in [0, 0.1) is 0 Å². The number of rotatable bonds is 4. The third-order valence-electron chi connectivity index (χ3n) is 4.92. The summed E-state index contributed by atoms with van der Waals surface area (Å²) in [5.41, 5.74) is 1.86. The summed E-state index contributed by atoms with van der Waals surface area (Å²) in [4.78, 5) is 43.9. The molecule has 0 spiro atoms. The minimum Gasteiger partial charge on any atom is -0.368 e. The molecule has 25 heavy (non-hydrogen) atoms. The molecule has 2 fully saturated rings. The maximum absolute atomic E-state index is 12.6. The Balaban J connectivity index is 1.64. The van der Waals surface area contributed by atoms with Gasteiger partial charge in [-0.15, -0.1) is 0 Å². The van der Waals surface area contributed by atoms with Crippen LogP contribution in [0.5, 0.6) is 0 Å². The number of nitrogens with one attached hydrogen (secondary N) is 1. The topological polar surface area (TPSA) is 82.6 Å². The number of hydrogen-bond donors (Lipinski definition) is 1. The van der Waals surface area contributed by atoms with Crippen LogP contribution in [0.25, 0.3) is 0 Å². The van der Waals surface area contributed by atoms with Gasteiger partial charge in [0.2, 0.25) is 5.91 Å². The fraction of sp³-hybridized carbons (Fsp3) is 0.556. The van der Waals surface area contributed by atoms with Crippen molar-refractivity contribution < 1.29 is 14.4 Å². The molecule has 1 atom stereocenters. The highest BCUT2D eigenvalue weighted by Gasteiger charge is 2.32. The number of nitrogens with zero attached hydrogens (tertiary/aromatic N) is 3. The number of piperazine rings is 1. The van der Waals surface area contributed by atoms with Crippen molar-refractivity contribution in [1.29, 1.82) is 0 Å². The van der Waals surface area contributed by atoms with Crippen LogP contribution in [-0.4, -0.2) is 66.6 Å². The van der Waals surface area contributed by atoms with Gasteiger partial charge < -0.3 is 15.1 Å². The SMILES string of the molecule is CN(C(=O)Cc1cncc(N2CCNCC2)c1)C1CCC(=O)CC1=O. The molecule has 2 heterocycles. The van der Waals surface area contributed by atoms with Crippen molar-refractivity contribution in [3.05, 3.63) is 24.0 Å². The highest BCUT2D eigenvalue weighted by atomic mass is 16.2. The molecule has 1 saturated heterocycles. The van der Waals surface area contributed by atoms with Gasteiger partial charge in [-0.2, -0.15) is 0 Å². The van der Waals surface area contributed by atoms with Gasteiger partial charge >= 0.3 is 0 Å². The molecular formula is C18H24N4O3. The first-order valence-electron chi connectivity index (χ1n) is 8.74. The molecule has 1 saturated carbocycles. The molecule has 1 amide bonds. The van der Waals surface area contributed by atoms with E-state index < -0.39 is 6.04 Å². The van der Waals surface area contributed by atoms with Crippen LogP contribution in [0.15, 0.2) is 18.5 Å². The second-order valence-electron chi connectivity index (χ2n) is 6.71. The molecule has 0 radical (unpaired) electrons. The lowest BCUT2D eigenvalue weighted by atomic mass is 9.92. The standard InChI is InChI=1S/C18H24N4O3/c1-21(16-3-2-15(23)10-17(16)24)18(25)9-13-8-14(12-20-11-13)22-6-4-19-5-7-22/h8,11-12,16,19H,2-7,9-10H2,1H3. The van der Waals surface area contributed by atoms with Gasteiger partial charge in [-0.1, -0.05) is 0 Å². The smallest absolute Gasteiger partial charge is 0.227 e. The molecule has 1 N–H and O–H groups in total. The summed E-state index contributed by atoms with van der Waals surface area (Å²) in [7, 11) is 1.65. The molecule has 1 aromatic rings. The van der Waals surface area contributed by atoms with E-state index in [1.54, 1.807) is 13.2 Å². The van der Waals surface area contributed by atoms with Crippen molar-refractivity contribution in [3.63, 3.8) is 0 Å². The van der Waals surface area contributed by atoms with E-state index in [-0.39, 0.29) is 30.3 Å². The first kappa shape index (κ1) is 17.5. The van der Waals surface area contributed by atoms with Crippen molar-refractivity contribution in [2.75, 3.05) is 38.1 Å². The van der Waals surface area contributed by atoms with Crippen LogP contribution in [-0.2, 0) is 20.8 Å². The van der Waals surface area contributed by atoms with Crippen molar-refractivity contribution in [3.8, 4) is 0 Å². The third kappa shape index (κ3) is 4.22. The Labute approximate surface area is 147 Å². The fourth-order valence-corrected chi connectivity index (χ4v) is 3.41. The fourth-order valence-electron chi connectivity index (χ4n) is 3.41. The summed E-state index contributed by atoms with van der Waals surface area (Å²) < 4.78 is 0. The first-order valence-corrected chi connectivity index (χ1v) is 8.74. The summed E-state index contributed by atoms with van der Waals surface area (Å²) in [5, 5.41) is 3.31. The van der Waals surface area contributed by atoms with Crippen LogP contribution < -0.4 is 10.2 Å². The van der Waals surface area contributed by atoms with E-state index >= 15 is 0 Å². The number of Topliss-reactive ketones (excluding diaryl/α,β-unsaturated/α-hetero) is 2. The van der Waals surface area contributed by atoms with Gasteiger partial charge in [-0.25, -0.2) is 0 Å². The molecule has 7 nitrogen and oxygen atoms in total. The summed E-state index contributed by atoms with van der Waals surface area (Å²) in [6, 6.07) is 1.52. The van der Waals surface area contributed by atoms with E-state index in [2.05, 4.69) is 15.2 Å². The quantitative estimate of drug-likeness (QED) is 0.785. The largest absolute Gasteiger partial charge is 0.368 e. The van der Waals surface area contributed by atoms with E-state index in [4.69, 9.17) is 0 Å². The number of pyridine rings is 1. The van der Waals surface area contributed by atoms with E-state index in [1.165, 1.54) is 4.90 Å². The second kappa shape index (κ2) is 7.74. The Morgan fingerprint density at radius 3 is 2.80 bits per heavy atom. The van der Waals surface area contributed by atoms with E-state index in [0.717, 1.165) is 37.4 Å². The number of carbonyl (C=O) groups excluding carboxylic acids is 3. The van der Waals surface area contributed by atoms with E-state index in [1.807, 2.05) is 12.3 Å². The lowest BCUT2D eigenvalue weighted by molar-refractivity contribution is -0.141.